The third-order valence-corrected chi connectivity index (χ3v) is 4.90. The van der Waals surface area contributed by atoms with Crippen LogP contribution in [0.5, 0.6) is 0 Å². The minimum atomic E-state index is -3.62. The van der Waals surface area contributed by atoms with E-state index in [1.54, 1.807) is 20.8 Å². The third kappa shape index (κ3) is 3.69. The molecule has 7 heteroatoms. The summed E-state index contributed by atoms with van der Waals surface area (Å²) in [5.41, 5.74) is -0.713. The van der Waals surface area contributed by atoms with Crippen LogP contribution in [-0.4, -0.2) is 42.4 Å². The molecule has 0 heterocycles. The number of carbonyl (C=O) groups is 2. The molecule has 0 saturated heterocycles. The molecule has 1 amide bonds. The third-order valence-electron chi connectivity index (χ3n) is 2.86. The number of rotatable bonds is 4. The SMILES string of the molecule is CC(C)(C)[C@H](NC(=O)C(C)(C)S(C)(=O)=O)C(=O)O. The van der Waals surface area contributed by atoms with Gasteiger partial charge in [0.2, 0.25) is 5.91 Å². The van der Waals surface area contributed by atoms with Gasteiger partial charge in [-0.3, -0.25) is 4.79 Å². The molecule has 0 aliphatic rings. The van der Waals surface area contributed by atoms with Crippen molar-refractivity contribution in [3.05, 3.63) is 0 Å². The number of carbonyl (C=O) groups excluding carboxylic acids is 1. The Morgan fingerprint density at radius 1 is 1.11 bits per heavy atom. The molecule has 0 aromatic heterocycles. The molecule has 0 aliphatic heterocycles. The largest absolute Gasteiger partial charge is 0.480 e. The van der Waals surface area contributed by atoms with Gasteiger partial charge in [-0.25, -0.2) is 13.2 Å². The Morgan fingerprint density at radius 3 is 1.72 bits per heavy atom. The number of carboxylic acids is 1. The molecule has 0 aromatic rings. The van der Waals surface area contributed by atoms with Crippen LogP contribution in [0.15, 0.2) is 0 Å². The van der Waals surface area contributed by atoms with E-state index in [0.29, 0.717) is 0 Å². The highest BCUT2D eigenvalue weighted by atomic mass is 32.2. The second-order valence-corrected chi connectivity index (χ2v) is 8.46. The summed E-state index contributed by atoms with van der Waals surface area (Å²) < 4.78 is 21.3. The Kier molecular flexibility index (Phi) is 4.57. The monoisotopic (exact) mass is 279 g/mol. The normalized spacial score (nSPS) is 15.0. The van der Waals surface area contributed by atoms with Crippen LogP contribution < -0.4 is 5.32 Å². The van der Waals surface area contributed by atoms with Crippen LogP contribution in [-0.2, 0) is 19.4 Å². The Hall–Kier alpha value is -1.11. The zero-order chi connectivity index (χ0) is 14.9. The first-order chi connectivity index (χ1) is 7.71. The summed E-state index contributed by atoms with van der Waals surface area (Å²) >= 11 is 0. The molecule has 0 bridgehead atoms. The van der Waals surface area contributed by atoms with E-state index in [-0.39, 0.29) is 0 Å². The Balaban J connectivity index is 5.24. The lowest BCUT2D eigenvalue weighted by atomic mass is 9.86. The summed E-state index contributed by atoms with van der Waals surface area (Å²) in [6, 6.07) is -1.15. The van der Waals surface area contributed by atoms with Crippen LogP contribution in [0.25, 0.3) is 0 Å². The molecule has 0 radical (unpaired) electrons. The van der Waals surface area contributed by atoms with Crippen molar-refractivity contribution in [3.8, 4) is 0 Å². The topological polar surface area (TPSA) is 101 Å². The number of hydrogen-bond donors (Lipinski definition) is 2. The summed E-state index contributed by atoms with van der Waals surface area (Å²) in [4.78, 5) is 23.0. The molecule has 0 unspecified atom stereocenters. The van der Waals surface area contributed by atoms with E-state index in [1.165, 1.54) is 13.8 Å². The van der Waals surface area contributed by atoms with Gasteiger partial charge in [-0.2, -0.15) is 0 Å². The number of carboxylic acid groups (broad SMARTS) is 1. The van der Waals surface area contributed by atoms with Crippen molar-refractivity contribution < 1.29 is 23.1 Å². The van der Waals surface area contributed by atoms with Crippen molar-refractivity contribution in [2.24, 2.45) is 5.41 Å². The summed E-state index contributed by atoms with van der Waals surface area (Å²) in [6.07, 6.45) is 0.944. The van der Waals surface area contributed by atoms with Crippen molar-refractivity contribution in [1.29, 1.82) is 0 Å². The minimum absolute atomic E-state index is 0.713. The van der Waals surface area contributed by atoms with Crippen molar-refractivity contribution in [1.82, 2.24) is 5.32 Å². The molecular formula is C11H21NO5S. The van der Waals surface area contributed by atoms with Gasteiger partial charge in [-0.1, -0.05) is 20.8 Å². The maximum atomic E-state index is 11.9. The Labute approximate surface area is 108 Å². The highest BCUT2D eigenvalue weighted by molar-refractivity contribution is 7.92. The van der Waals surface area contributed by atoms with Gasteiger partial charge in [0.15, 0.2) is 9.84 Å². The zero-order valence-corrected chi connectivity index (χ0v) is 12.4. The molecule has 18 heavy (non-hydrogen) atoms. The van der Waals surface area contributed by atoms with Crippen molar-refractivity contribution >= 4 is 21.7 Å². The number of amides is 1. The average molecular weight is 279 g/mol. The quantitative estimate of drug-likeness (QED) is 0.777. The first kappa shape index (κ1) is 16.9. The standard InChI is InChI=1S/C11H21NO5S/c1-10(2,3)7(8(13)14)12-9(15)11(4,5)18(6,16)17/h7H,1-6H3,(H,12,15)(H,13,14)/t7-/m1/s1. The highest BCUT2D eigenvalue weighted by Gasteiger charge is 2.42. The van der Waals surface area contributed by atoms with E-state index >= 15 is 0 Å². The van der Waals surface area contributed by atoms with E-state index in [9.17, 15) is 18.0 Å². The molecule has 1 atom stereocenters. The fourth-order valence-corrected chi connectivity index (χ4v) is 1.52. The van der Waals surface area contributed by atoms with Gasteiger partial charge < -0.3 is 10.4 Å². The number of hydrogen-bond acceptors (Lipinski definition) is 4. The second-order valence-electron chi connectivity index (χ2n) is 5.89. The van der Waals surface area contributed by atoms with Crippen LogP contribution in [0, 0.1) is 5.41 Å². The highest BCUT2D eigenvalue weighted by Crippen LogP contribution is 2.22. The second kappa shape index (κ2) is 4.87. The smallest absolute Gasteiger partial charge is 0.326 e. The molecule has 0 rings (SSSR count). The number of aliphatic carboxylic acids is 1. The fourth-order valence-electron chi connectivity index (χ4n) is 1.12. The van der Waals surface area contributed by atoms with Crippen molar-refractivity contribution in [2.75, 3.05) is 6.26 Å². The molecule has 0 fully saturated rings. The zero-order valence-electron chi connectivity index (χ0n) is 11.6. The average Bonchev–Trinajstić information content (AvgIpc) is 2.08. The van der Waals surface area contributed by atoms with Crippen LogP contribution in [0.4, 0.5) is 0 Å². The van der Waals surface area contributed by atoms with Gasteiger partial charge in [-0.15, -0.1) is 0 Å². The van der Waals surface area contributed by atoms with Gasteiger partial charge in [0, 0.05) is 6.26 Å². The number of nitrogens with one attached hydrogen (secondary N) is 1. The number of sulfone groups is 1. The summed E-state index contributed by atoms with van der Waals surface area (Å²) in [5, 5.41) is 11.3. The molecule has 0 spiro atoms. The minimum Gasteiger partial charge on any atom is -0.480 e. The van der Waals surface area contributed by atoms with Gasteiger partial charge in [0.1, 0.15) is 10.8 Å². The predicted octanol–water partition coefficient (Wildman–Crippen LogP) is 0.425. The van der Waals surface area contributed by atoms with Crippen LogP contribution in [0.1, 0.15) is 34.6 Å². The lowest BCUT2D eigenvalue weighted by Crippen LogP contribution is -2.56. The molecule has 2 N–H and O–H groups in total. The van der Waals surface area contributed by atoms with Crippen molar-refractivity contribution in [3.63, 3.8) is 0 Å². The van der Waals surface area contributed by atoms with Crippen LogP contribution in [0.2, 0.25) is 0 Å². The summed E-state index contributed by atoms with van der Waals surface area (Å²) in [5.74, 6) is -2.01. The first-order valence-electron chi connectivity index (χ1n) is 5.44. The van der Waals surface area contributed by atoms with E-state index in [2.05, 4.69) is 5.32 Å². The lowest BCUT2D eigenvalue weighted by molar-refractivity contribution is -0.145. The van der Waals surface area contributed by atoms with E-state index in [0.717, 1.165) is 6.26 Å². The maximum Gasteiger partial charge on any atom is 0.326 e. The van der Waals surface area contributed by atoms with Gasteiger partial charge >= 0.3 is 5.97 Å². The Morgan fingerprint density at radius 2 is 1.50 bits per heavy atom. The fraction of sp³-hybridized carbons (Fsp3) is 0.818. The van der Waals surface area contributed by atoms with Crippen LogP contribution >= 0.6 is 0 Å². The van der Waals surface area contributed by atoms with Gasteiger partial charge in [0.25, 0.3) is 0 Å². The van der Waals surface area contributed by atoms with E-state index in [1.807, 2.05) is 0 Å². The molecule has 106 valence electrons. The van der Waals surface area contributed by atoms with Crippen LogP contribution in [0.3, 0.4) is 0 Å². The van der Waals surface area contributed by atoms with Crippen molar-refractivity contribution in [2.45, 2.75) is 45.4 Å². The first-order valence-corrected chi connectivity index (χ1v) is 7.33. The molecule has 0 saturated carbocycles. The van der Waals surface area contributed by atoms with Gasteiger partial charge in [0.05, 0.1) is 0 Å². The maximum absolute atomic E-state index is 11.9. The predicted molar refractivity (Wildman–Crippen MR) is 67.9 cm³/mol. The van der Waals surface area contributed by atoms with Gasteiger partial charge in [-0.05, 0) is 19.3 Å². The molecule has 6 nitrogen and oxygen atoms in total. The lowest BCUT2D eigenvalue weighted by Gasteiger charge is -2.31. The van der Waals surface area contributed by atoms with E-state index < -0.39 is 37.9 Å². The summed E-state index contributed by atoms with van der Waals surface area (Å²) in [6.45, 7) is 7.46. The Bertz CT molecular complexity index is 445. The van der Waals surface area contributed by atoms with E-state index in [4.69, 9.17) is 5.11 Å². The molecular weight excluding hydrogens is 258 g/mol. The summed E-state index contributed by atoms with van der Waals surface area (Å²) in [7, 11) is -3.62. The molecule has 0 aromatic carbocycles. The molecule has 0 aliphatic carbocycles.